The number of amides is 2. The predicted octanol–water partition coefficient (Wildman–Crippen LogP) is 2.42. The van der Waals surface area contributed by atoms with Gasteiger partial charge in [0.15, 0.2) is 0 Å². The molecule has 1 aromatic carbocycles. The lowest BCUT2D eigenvalue weighted by Crippen LogP contribution is -2.37. The number of halogens is 1. The molecule has 0 radical (unpaired) electrons. The Balaban J connectivity index is 2.33. The number of hydrogen-bond acceptors (Lipinski definition) is 7. The minimum Gasteiger partial charge on any atom is -0.451 e. The second-order valence-electron chi connectivity index (χ2n) is 4.91. The normalized spacial score (nSPS) is 13.0. The quantitative estimate of drug-likeness (QED) is 0.595. The number of hydrazine groups is 1. The molecule has 0 saturated carbocycles. The highest BCUT2D eigenvalue weighted by Gasteiger charge is 2.33. The first kappa shape index (κ1) is 19.1. The number of carbonyl (C=O) groups excluding carboxylic acids is 3. The summed E-state index contributed by atoms with van der Waals surface area (Å²) in [6, 6.07) is 6.44. The molecule has 0 unspecified atom stereocenters. The van der Waals surface area contributed by atoms with Crippen LogP contribution >= 0.6 is 11.6 Å². The van der Waals surface area contributed by atoms with E-state index in [1.165, 1.54) is 7.11 Å². The molecule has 1 aliphatic rings. The van der Waals surface area contributed by atoms with Gasteiger partial charge in [-0.25, -0.2) is 9.59 Å². The van der Waals surface area contributed by atoms with Crippen LogP contribution in [0.3, 0.4) is 0 Å². The number of nitrogens with one attached hydrogen (secondary N) is 2. The highest BCUT2D eigenvalue weighted by Crippen LogP contribution is 2.25. The van der Waals surface area contributed by atoms with Crippen molar-refractivity contribution < 1.29 is 28.6 Å². The standard InChI is InChI=1S/C16H16ClN3O6/c1-9(13-12(8-18-14(13)21)26-16(23)25-3)20(15(22)24-2)19-11-6-4-10(17)5-7-11/h4-7,19H,1,8H2,2-3H3,(H,18,21). The van der Waals surface area contributed by atoms with Crippen molar-refractivity contribution >= 4 is 35.4 Å². The molecule has 2 amide bonds. The lowest BCUT2D eigenvalue weighted by Gasteiger charge is -2.25. The first-order valence-electron chi connectivity index (χ1n) is 7.24. The molecule has 138 valence electrons. The molecule has 0 spiro atoms. The predicted molar refractivity (Wildman–Crippen MR) is 92.0 cm³/mol. The van der Waals surface area contributed by atoms with Gasteiger partial charge in [-0.15, -0.1) is 0 Å². The second kappa shape index (κ2) is 8.26. The van der Waals surface area contributed by atoms with Crippen molar-refractivity contribution in [3.05, 3.63) is 52.9 Å². The van der Waals surface area contributed by atoms with E-state index in [-0.39, 0.29) is 23.6 Å². The van der Waals surface area contributed by atoms with E-state index in [4.69, 9.17) is 21.1 Å². The molecule has 1 aromatic rings. The molecule has 9 nitrogen and oxygen atoms in total. The summed E-state index contributed by atoms with van der Waals surface area (Å²) in [4.78, 5) is 35.6. The molecular weight excluding hydrogens is 366 g/mol. The van der Waals surface area contributed by atoms with Gasteiger partial charge in [-0.2, -0.15) is 5.01 Å². The third-order valence-electron chi connectivity index (χ3n) is 3.29. The molecule has 10 heteroatoms. The van der Waals surface area contributed by atoms with E-state index in [0.717, 1.165) is 12.1 Å². The Kier molecular flexibility index (Phi) is 6.07. The average Bonchev–Trinajstić information content (AvgIpc) is 3.00. The molecule has 1 aliphatic heterocycles. The monoisotopic (exact) mass is 381 g/mol. The van der Waals surface area contributed by atoms with Crippen LogP contribution < -0.4 is 10.7 Å². The van der Waals surface area contributed by atoms with Crippen molar-refractivity contribution in [1.82, 2.24) is 10.3 Å². The Bertz CT molecular complexity index is 775. The molecule has 2 rings (SSSR count). The summed E-state index contributed by atoms with van der Waals surface area (Å²) in [5.74, 6) is -0.598. The van der Waals surface area contributed by atoms with Gasteiger partial charge in [0.25, 0.3) is 5.91 Å². The van der Waals surface area contributed by atoms with Crippen molar-refractivity contribution in [3.8, 4) is 0 Å². The van der Waals surface area contributed by atoms with Crippen LogP contribution in [0.5, 0.6) is 0 Å². The van der Waals surface area contributed by atoms with E-state index < -0.39 is 18.2 Å². The number of hydrogen-bond donors (Lipinski definition) is 2. The number of nitrogens with zero attached hydrogens (tertiary/aromatic N) is 1. The lowest BCUT2D eigenvalue weighted by molar-refractivity contribution is -0.116. The second-order valence-corrected chi connectivity index (χ2v) is 5.34. The lowest BCUT2D eigenvalue weighted by atomic mass is 10.2. The van der Waals surface area contributed by atoms with Crippen LogP contribution in [-0.4, -0.2) is 43.9 Å². The minimum absolute atomic E-state index is 0.0290. The van der Waals surface area contributed by atoms with Crippen LogP contribution in [0.1, 0.15) is 0 Å². The third-order valence-corrected chi connectivity index (χ3v) is 3.54. The minimum atomic E-state index is -1.00. The fourth-order valence-electron chi connectivity index (χ4n) is 2.07. The number of carbonyl (C=O) groups is 3. The molecule has 0 fully saturated rings. The number of benzene rings is 1. The number of ether oxygens (including phenoxy) is 3. The van der Waals surface area contributed by atoms with Crippen molar-refractivity contribution in [2.24, 2.45) is 0 Å². The highest BCUT2D eigenvalue weighted by atomic mass is 35.5. The molecule has 0 bridgehead atoms. The van der Waals surface area contributed by atoms with E-state index in [9.17, 15) is 14.4 Å². The van der Waals surface area contributed by atoms with Gasteiger partial charge >= 0.3 is 12.2 Å². The Labute approximate surface area is 154 Å². The van der Waals surface area contributed by atoms with E-state index >= 15 is 0 Å². The zero-order chi connectivity index (χ0) is 19.3. The topological polar surface area (TPSA) is 106 Å². The summed E-state index contributed by atoms with van der Waals surface area (Å²) >= 11 is 5.83. The first-order chi connectivity index (χ1) is 12.4. The van der Waals surface area contributed by atoms with Crippen LogP contribution in [0.25, 0.3) is 0 Å². The zero-order valence-electron chi connectivity index (χ0n) is 14.0. The summed E-state index contributed by atoms with van der Waals surface area (Å²) in [5.41, 5.74) is 3.06. The molecule has 0 aromatic heterocycles. The fraction of sp³-hybridized carbons (Fsp3) is 0.188. The largest absolute Gasteiger partial charge is 0.513 e. The van der Waals surface area contributed by atoms with Gasteiger partial charge < -0.3 is 19.5 Å². The van der Waals surface area contributed by atoms with Crippen LogP contribution in [0.2, 0.25) is 5.02 Å². The van der Waals surface area contributed by atoms with Crippen molar-refractivity contribution in [2.75, 3.05) is 26.2 Å². The van der Waals surface area contributed by atoms with Gasteiger partial charge in [-0.3, -0.25) is 10.2 Å². The molecular formula is C16H16ClN3O6. The maximum absolute atomic E-state index is 12.1. The molecule has 0 saturated heterocycles. The van der Waals surface area contributed by atoms with Gasteiger partial charge in [0.1, 0.15) is 11.3 Å². The Morgan fingerprint density at radius 3 is 2.46 bits per heavy atom. The summed E-state index contributed by atoms with van der Waals surface area (Å²) in [6.07, 6.45) is -1.84. The van der Waals surface area contributed by atoms with E-state index in [1.54, 1.807) is 24.3 Å². The Morgan fingerprint density at radius 2 is 1.88 bits per heavy atom. The number of methoxy groups -OCH3 is 2. The van der Waals surface area contributed by atoms with Gasteiger partial charge in [0, 0.05) is 5.02 Å². The van der Waals surface area contributed by atoms with Crippen LogP contribution in [0, 0.1) is 0 Å². The zero-order valence-corrected chi connectivity index (χ0v) is 14.8. The van der Waals surface area contributed by atoms with Crippen molar-refractivity contribution in [1.29, 1.82) is 0 Å². The van der Waals surface area contributed by atoms with Gasteiger partial charge in [-0.1, -0.05) is 18.2 Å². The summed E-state index contributed by atoms with van der Waals surface area (Å²) in [6.45, 7) is 3.68. The third kappa shape index (κ3) is 4.25. The maximum atomic E-state index is 12.1. The molecule has 0 aliphatic carbocycles. The molecule has 2 N–H and O–H groups in total. The average molecular weight is 382 g/mol. The van der Waals surface area contributed by atoms with E-state index in [2.05, 4.69) is 22.1 Å². The molecule has 26 heavy (non-hydrogen) atoms. The van der Waals surface area contributed by atoms with Gasteiger partial charge in [0.05, 0.1) is 32.1 Å². The van der Waals surface area contributed by atoms with Gasteiger partial charge in [0.2, 0.25) is 0 Å². The number of rotatable bonds is 5. The number of anilines is 1. The van der Waals surface area contributed by atoms with E-state index in [0.29, 0.717) is 10.7 Å². The molecule has 1 heterocycles. The Hall–Kier alpha value is -3.20. The van der Waals surface area contributed by atoms with Gasteiger partial charge in [-0.05, 0) is 24.3 Å². The fourth-order valence-corrected chi connectivity index (χ4v) is 2.19. The molecule has 0 atom stereocenters. The summed E-state index contributed by atoms with van der Waals surface area (Å²) < 4.78 is 14.1. The summed E-state index contributed by atoms with van der Waals surface area (Å²) in [7, 11) is 2.30. The van der Waals surface area contributed by atoms with Crippen molar-refractivity contribution in [3.63, 3.8) is 0 Å². The van der Waals surface area contributed by atoms with Crippen LogP contribution in [0.15, 0.2) is 47.9 Å². The smallest absolute Gasteiger partial charge is 0.451 e. The maximum Gasteiger partial charge on any atom is 0.513 e. The first-order valence-corrected chi connectivity index (χ1v) is 7.62. The highest BCUT2D eigenvalue weighted by molar-refractivity contribution is 6.30. The van der Waals surface area contributed by atoms with Crippen LogP contribution in [-0.2, 0) is 19.0 Å². The van der Waals surface area contributed by atoms with Crippen molar-refractivity contribution in [2.45, 2.75) is 0 Å². The van der Waals surface area contributed by atoms with E-state index in [1.807, 2.05) is 0 Å². The Morgan fingerprint density at radius 1 is 1.23 bits per heavy atom. The summed E-state index contributed by atoms with van der Waals surface area (Å²) in [5, 5.41) is 3.89. The van der Waals surface area contributed by atoms with Crippen LogP contribution in [0.4, 0.5) is 15.3 Å². The SMILES string of the molecule is C=C(C1=C(OC(=O)OC)CNC1=O)N(Nc1ccc(Cl)cc1)C(=O)OC.